The van der Waals surface area contributed by atoms with Gasteiger partial charge in [0.1, 0.15) is 0 Å². The van der Waals surface area contributed by atoms with Crippen LogP contribution < -0.4 is 5.73 Å². The zero-order valence-corrected chi connectivity index (χ0v) is 12.4. The van der Waals surface area contributed by atoms with E-state index in [0.29, 0.717) is 5.92 Å². The molecule has 0 aliphatic carbocycles. The Kier molecular flexibility index (Phi) is 5.87. The van der Waals surface area contributed by atoms with Crippen LogP contribution in [0.3, 0.4) is 0 Å². The molecule has 18 heavy (non-hydrogen) atoms. The number of rotatable bonds is 7. The minimum Gasteiger partial charge on any atom is -0.327 e. The average Bonchev–Trinajstić information content (AvgIpc) is 2.42. The highest BCUT2D eigenvalue weighted by atomic mass is 14.7. The van der Waals surface area contributed by atoms with Crippen LogP contribution in [0.5, 0.6) is 0 Å². The van der Waals surface area contributed by atoms with E-state index in [4.69, 9.17) is 5.73 Å². The third-order valence-corrected chi connectivity index (χ3v) is 4.67. The lowest BCUT2D eigenvalue weighted by Crippen LogP contribution is -2.45. The highest BCUT2D eigenvalue weighted by molar-refractivity contribution is 5.27. The third-order valence-electron chi connectivity index (χ3n) is 4.67. The maximum Gasteiger partial charge on any atom is 0.0139 e. The summed E-state index contributed by atoms with van der Waals surface area (Å²) in [5.41, 5.74) is 8.13. The lowest BCUT2D eigenvalue weighted by atomic mass is 9.68. The molecule has 1 aromatic rings. The zero-order chi connectivity index (χ0) is 13.6. The first-order valence-corrected chi connectivity index (χ1v) is 7.41. The molecule has 2 N–H and O–H groups in total. The molecule has 2 unspecified atom stereocenters. The fourth-order valence-corrected chi connectivity index (χ4v) is 2.99. The molecule has 1 nitrogen and oxygen atoms in total. The second-order valence-corrected chi connectivity index (χ2v) is 5.58. The smallest absolute Gasteiger partial charge is 0.0139 e. The van der Waals surface area contributed by atoms with Crippen LogP contribution in [0, 0.1) is 5.92 Å². The molecule has 1 rings (SSSR count). The number of benzene rings is 1. The van der Waals surface area contributed by atoms with Crippen LogP contribution in [0.1, 0.15) is 58.9 Å². The van der Waals surface area contributed by atoms with E-state index in [0.717, 1.165) is 19.3 Å². The average molecular weight is 247 g/mol. The maximum atomic E-state index is 6.58. The topological polar surface area (TPSA) is 26.0 Å². The van der Waals surface area contributed by atoms with Crippen molar-refractivity contribution < 1.29 is 0 Å². The van der Waals surface area contributed by atoms with Crippen molar-refractivity contribution in [1.82, 2.24) is 0 Å². The summed E-state index contributed by atoms with van der Waals surface area (Å²) < 4.78 is 0. The van der Waals surface area contributed by atoms with Crippen LogP contribution in [0.25, 0.3) is 0 Å². The van der Waals surface area contributed by atoms with Crippen LogP contribution in [-0.4, -0.2) is 6.04 Å². The molecule has 0 radical (unpaired) electrons. The van der Waals surface area contributed by atoms with Gasteiger partial charge in [0.05, 0.1) is 0 Å². The van der Waals surface area contributed by atoms with Gasteiger partial charge in [-0.3, -0.25) is 0 Å². The molecule has 102 valence electrons. The molecule has 2 atom stereocenters. The molecule has 0 fully saturated rings. The Bertz CT molecular complexity index is 327. The molecule has 0 aliphatic heterocycles. The van der Waals surface area contributed by atoms with Crippen LogP contribution in [0.15, 0.2) is 30.3 Å². The fourth-order valence-electron chi connectivity index (χ4n) is 2.99. The molecule has 0 aliphatic rings. The standard InChI is InChI=1S/C17H29N/c1-5-14(4)13-16(18)17(6-2,7-3)15-11-9-8-10-12-15/h8-12,14,16H,5-7,13,18H2,1-4H3. The second-order valence-electron chi connectivity index (χ2n) is 5.58. The van der Waals surface area contributed by atoms with E-state index in [1.54, 1.807) is 0 Å². The third kappa shape index (κ3) is 3.14. The Morgan fingerprint density at radius 2 is 1.61 bits per heavy atom. The van der Waals surface area contributed by atoms with Gasteiger partial charge in [0.15, 0.2) is 0 Å². The van der Waals surface area contributed by atoms with Crippen LogP contribution in [0.2, 0.25) is 0 Å². The van der Waals surface area contributed by atoms with Gasteiger partial charge in [-0.15, -0.1) is 0 Å². The Morgan fingerprint density at radius 3 is 2.06 bits per heavy atom. The Hall–Kier alpha value is -0.820. The summed E-state index contributed by atoms with van der Waals surface area (Å²) in [6.45, 7) is 9.10. The minimum absolute atomic E-state index is 0.144. The summed E-state index contributed by atoms with van der Waals surface area (Å²) in [5.74, 6) is 0.709. The predicted octanol–water partition coefficient (Wildman–Crippen LogP) is 4.51. The molecule has 1 heteroatoms. The van der Waals surface area contributed by atoms with E-state index < -0.39 is 0 Å². The molecule has 0 saturated heterocycles. The predicted molar refractivity (Wildman–Crippen MR) is 80.7 cm³/mol. The Balaban J connectivity index is 3.00. The molecule has 0 bridgehead atoms. The maximum absolute atomic E-state index is 6.58. The van der Waals surface area contributed by atoms with Crippen molar-refractivity contribution in [3.63, 3.8) is 0 Å². The second kappa shape index (κ2) is 6.94. The molecular formula is C17H29N. The van der Waals surface area contributed by atoms with Gasteiger partial charge in [0, 0.05) is 11.5 Å². The van der Waals surface area contributed by atoms with Crippen molar-refractivity contribution in [2.24, 2.45) is 11.7 Å². The summed E-state index contributed by atoms with van der Waals surface area (Å²) >= 11 is 0. The van der Waals surface area contributed by atoms with E-state index in [9.17, 15) is 0 Å². The number of nitrogens with two attached hydrogens (primary N) is 1. The first-order chi connectivity index (χ1) is 8.60. The molecule has 0 amide bonds. The fraction of sp³-hybridized carbons (Fsp3) is 0.647. The van der Waals surface area contributed by atoms with E-state index >= 15 is 0 Å². The molecule has 1 aromatic carbocycles. The van der Waals surface area contributed by atoms with E-state index in [1.807, 2.05) is 0 Å². The molecule has 0 heterocycles. The highest BCUT2D eigenvalue weighted by Gasteiger charge is 2.35. The molecular weight excluding hydrogens is 218 g/mol. The van der Waals surface area contributed by atoms with Gasteiger partial charge >= 0.3 is 0 Å². The molecule has 0 saturated carbocycles. The lowest BCUT2D eigenvalue weighted by Gasteiger charge is -2.39. The Labute approximate surface area is 113 Å². The van der Waals surface area contributed by atoms with Gasteiger partial charge in [-0.05, 0) is 30.7 Å². The summed E-state index contributed by atoms with van der Waals surface area (Å²) in [6, 6.07) is 11.1. The van der Waals surface area contributed by atoms with Gasteiger partial charge in [-0.1, -0.05) is 64.4 Å². The van der Waals surface area contributed by atoms with Gasteiger partial charge < -0.3 is 5.73 Å². The SMILES string of the molecule is CCC(C)CC(N)C(CC)(CC)c1ccccc1. The monoisotopic (exact) mass is 247 g/mol. The first kappa shape index (κ1) is 15.2. The highest BCUT2D eigenvalue weighted by Crippen LogP contribution is 2.36. The quantitative estimate of drug-likeness (QED) is 0.754. The molecule has 0 spiro atoms. The van der Waals surface area contributed by atoms with Crippen molar-refractivity contribution in [3.8, 4) is 0 Å². The van der Waals surface area contributed by atoms with E-state index in [-0.39, 0.29) is 11.5 Å². The number of hydrogen-bond donors (Lipinski definition) is 1. The zero-order valence-electron chi connectivity index (χ0n) is 12.4. The normalized spacial score (nSPS) is 15.4. The largest absolute Gasteiger partial charge is 0.327 e. The van der Waals surface area contributed by atoms with Crippen LogP contribution in [-0.2, 0) is 5.41 Å². The Morgan fingerprint density at radius 1 is 1.06 bits per heavy atom. The van der Waals surface area contributed by atoms with Crippen molar-refractivity contribution in [3.05, 3.63) is 35.9 Å². The summed E-state index contributed by atoms with van der Waals surface area (Å²) in [4.78, 5) is 0. The molecule has 0 aromatic heterocycles. The van der Waals surface area contributed by atoms with Gasteiger partial charge in [0.25, 0.3) is 0 Å². The van der Waals surface area contributed by atoms with Crippen molar-refractivity contribution >= 4 is 0 Å². The summed E-state index contributed by atoms with van der Waals surface area (Å²) in [5, 5.41) is 0. The van der Waals surface area contributed by atoms with Crippen molar-refractivity contribution in [2.45, 2.75) is 64.8 Å². The first-order valence-electron chi connectivity index (χ1n) is 7.41. The van der Waals surface area contributed by atoms with Crippen LogP contribution >= 0.6 is 0 Å². The van der Waals surface area contributed by atoms with Crippen molar-refractivity contribution in [2.75, 3.05) is 0 Å². The lowest BCUT2D eigenvalue weighted by molar-refractivity contribution is 0.274. The van der Waals surface area contributed by atoms with Crippen LogP contribution in [0.4, 0.5) is 0 Å². The van der Waals surface area contributed by atoms with Gasteiger partial charge in [0.2, 0.25) is 0 Å². The summed E-state index contributed by atoms with van der Waals surface area (Å²) in [6.07, 6.45) is 4.56. The minimum atomic E-state index is 0.144. The summed E-state index contributed by atoms with van der Waals surface area (Å²) in [7, 11) is 0. The number of hydrogen-bond acceptors (Lipinski definition) is 1. The van der Waals surface area contributed by atoms with Gasteiger partial charge in [-0.2, -0.15) is 0 Å². The van der Waals surface area contributed by atoms with E-state index in [1.165, 1.54) is 12.0 Å². The van der Waals surface area contributed by atoms with E-state index in [2.05, 4.69) is 58.0 Å². The van der Waals surface area contributed by atoms with Gasteiger partial charge in [-0.25, -0.2) is 0 Å². The van der Waals surface area contributed by atoms with Crippen molar-refractivity contribution in [1.29, 1.82) is 0 Å².